The summed E-state index contributed by atoms with van der Waals surface area (Å²) >= 11 is 6.06. The number of aromatic nitrogens is 2. The van der Waals surface area contributed by atoms with Crippen molar-refractivity contribution in [3.63, 3.8) is 0 Å². The zero-order valence-corrected chi connectivity index (χ0v) is 12.7. The predicted octanol–water partition coefficient (Wildman–Crippen LogP) is 1.94. The molecule has 3 rings (SSSR count). The molecule has 0 spiro atoms. The first kappa shape index (κ1) is 14.2. The minimum atomic E-state index is 0.723. The Bertz CT molecular complexity index is 589. The van der Waals surface area contributed by atoms with Crippen LogP contribution in [0.4, 0.5) is 11.4 Å². The minimum Gasteiger partial charge on any atom is -0.396 e. The van der Waals surface area contributed by atoms with E-state index in [0.29, 0.717) is 0 Å². The maximum Gasteiger partial charge on any atom is 0.0719 e. The van der Waals surface area contributed by atoms with E-state index in [1.807, 2.05) is 29.1 Å². The number of hydrogen-bond acceptors (Lipinski definition) is 4. The molecular weight excluding hydrogens is 286 g/mol. The van der Waals surface area contributed by atoms with Crippen molar-refractivity contribution in [3.8, 4) is 0 Å². The van der Waals surface area contributed by atoms with Crippen LogP contribution in [0.1, 0.15) is 0 Å². The van der Waals surface area contributed by atoms with E-state index in [2.05, 4.69) is 21.0 Å². The highest BCUT2D eigenvalue weighted by molar-refractivity contribution is 6.30. The van der Waals surface area contributed by atoms with E-state index in [0.717, 1.165) is 50.0 Å². The number of nitrogen functional groups attached to an aromatic ring is 1. The molecule has 21 heavy (non-hydrogen) atoms. The van der Waals surface area contributed by atoms with Crippen molar-refractivity contribution in [1.29, 1.82) is 0 Å². The number of anilines is 2. The molecule has 1 aromatic heterocycles. The molecule has 0 amide bonds. The Labute approximate surface area is 129 Å². The Morgan fingerprint density at radius 2 is 1.95 bits per heavy atom. The Hall–Kier alpha value is -1.72. The summed E-state index contributed by atoms with van der Waals surface area (Å²) in [6, 6.07) is 8.07. The van der Waals surface area contributed by atoms with Gasteiger partial charge in [-0.25, -0.2) is 0 Å². The molecule has 1 aromatic carbocycles. The second-order valence-corrected chi connectivity index (χ2v) is 5.78. The van der Waals surface area contributed by atoms with E-state index >= 15 is 0 Å². The summed E-state index contributed by atoms with van der Waals surface area (Å²) in [5, 5.41) is 5.01. The zero-order chi connectivity index (χ0) is 14.7. The first-order valence-electron chi connectivity index (χ1n) is 7.21. The van der Waals surface area contributed by atoms with E-state index in [1.54, 1.807) is 6.20 Å². The fourth-order valence-corrected chi connectivity index (χ4v) is 2.83. The molecule has 2 aromatic rings. The molecule has 0 saturated carbocycles. The number of nitrogens with zero attached hydrogens (tertiary/aromatic N) is 4. The molecule has 1 aliphatic rings. The van der Waals surface area contributed by atoms with Gasteiger partial charge in [0.2, 0.25) is 0 Å². The van der Waals surface area contributed by atoms with Gasteiger partial charge in [0, 0.05) is 49.6 Å². The van der Waals surface area contributed by atoms with E-state index in [9.17, 15) is 0 Å². The molecule has 0 bridgehead atoms. The van der Waals surface area contributed by atoms with Crippen LogP contribution < -0.4 is 10.6 Å². The van der Waals surface area contributed by atoms with Gasteiger partial charge in [-0.2, -0.15) is 5.10 Å². The fourth-order valence-electron chi connectivity index (χ4n) is 2.65. The lowest BCUT2D eigenvalue weighted by atomic mass is 10.2. The van der Waals surface area contributed by atoms with Crippen molar-refractivity contribution >= 4 is 23.0 Å². The van der Waals surface area contributed by atoms with Crippen molar-refractivity contribution in [1.82, 2.24) is 14.7 Å². The molecule has 2 heterocycles. The van der Waals surface area contributed by atoms with Crippen LogP contribution >= 0.6 is 11.6 Å². The number of halogens is 1. The minimum absolute atomic E-state index is 0.723. The van der Waals surface area contributed by atoms with Gasteiger partial charge in [-0.1, -0.05) is 17.7 Å². The molecule has 1 fully saturated rings. The lowest BCUT2D eigenvalue weighted by Crippen LogP contribution is -2.47. The Morgan fingerprint density at radius 3 is 2.62 bits per heavy atom. The molecule has 1 aliphatic heterocycles. The van der Waals surface area contributed by atoms with Gasteiger partial charge < -0.3 is 10.6 Å². The second kappa shape index (κ2) is 6.37. The van der Waals surface area contributed by atoms with Crippen molar-refractivity contribution in [2.45, 2.75) is 6.54 Å². The van der Waals surface area contributed by atoms with Crippen LogP contribution in [0.3, 0.4) is 0 Å². The maximum absolute atomic E-state index is 6.06. The highest BCUT2D eigenvalue weighted by Gasteiger charge is 2.17. The molecule has 2 N–H and O–H groups in total. The summed E-state index contributed by atoms with van der Waals surface area (Å²) in [5.74, 6) is 0. The van der Waals surface area contributed by atoms with Gasteiger partial charge in [0.25, 0.3) is 0 Å². The number of nitrogens with two attached hydrogens (primary N) is 1. The quantitative estimate of drug-likeness (QED) is 0.938. The number of benzene rings is 1. The highest BCUT2D eigenvalue weighted by atomic mass is 35.5. The van der Waals surface area contributed by atoms with Crippen LogP contribution in [0.5, 0.6) is 0 Å². The third-order valence-corrected chi connectivity index (χ3v) is 4.08. The van der Waals surface area contributed by atoms with Gasteiger partial charge in [-0.3, -0.25) is 9.58 Å². The fraction of sp³-hybridized carbons (Fsp3) is 0.400. The van der Waals surface area contributed by atoms with Crippen molar-refractivity contribution in [2.24, 2.45) is 0 Å². The van der Waals surface area contributed by atoms with Gasteiger partial charge in [-0.15, -0.1) is 0 Å². The molecule has 6 heteroatoms. The van der Waals surface area contributed by atoms with Crippen LogP contribution in [0, 0.1) is 0 Å². The lowest BCUT2D eigenvalue weighted by molar-refractivity contribution is 0.244. The zero-order valence-electron chi connectivity index (χ0n) is 12.0. The van der Waals surface area contributed by atoms with Crippen molar-refractivity contribution in [3.05, 3.63) is 41.7 Å². The molecular formula is C15H20ClN5. The van der Waals surface area contributed by atoms with Gasteiger partial charge in [0.1, 0.15) is 0 Å². The van der Waals surface area contributed by atoms with E-state index in [-0.39, 0.29) is 0 Å². The van der Waals surface area contributed by atoms with Gasteiger partial charge in [0.05, 0.1) is 18.4 Å². The van der Waals surface area contributed by atoms with Crippen molar-refractivity contribution in [2.75, 3.05) is 43.4 Å². The molecule has 0 aliphatic carbocycles. The van der Waals surface area contributed by atoms with Gasteiger partial charge in [-0.05, 0) is 18.2 Å². The largest absolute Gasteiger partial charge is 0.396 e. The van der Waals surface area contributed by atoms with Crippen LogP contribution in [-0.2, 0) is 6.54 Å². The van der Waals surface area contributed by atoms with E-state index in [1.165, 1.54) is 5.69 Å². The highest BCUT2D eigenvalue weighted by Crippen LogP contribution is 2.20. The molecule has 0 atom stereocenters. The second-order valence-electron chi connectivity index (χ2n) is 5.35. The topological polar surface area (TPSA) is 50.3 Å². The Kier molecular flexibility index (Phi) is 4.31. The van der Waals surface area contributed by atoms with Crippen LogP contribution in [0.2, 0.25) is 5.02 Å². The molecule has 112 valence electrons. The average Bonchev–Trinajstić information content (AvgIpc) is 2.91. The first-order valence-corrected chi connectivity index (χ1v) is 7.59. The monoisotopic (exact) mass is 305 g/mol. The summed E-state index contributed by atoms with van der Waals surface area (Å²) in [5.41, 5.74) is 7.60. The molecule has 0 unspecified atom stereocenters. The van der Waals surface area contributed by atoms with Gasteiger partial charge >= 0.3 is 0 Å². The summed E-state index contributed by atoms with van der Waals surface area (Å²) in [4.78, 5) is 4.84. The number of hydrogen-bond donors (Lipinski definition) is 1. The Morgan fingerprint density at radius 1 is 1.14 bits per heavy atom. The van der Waals surface area contributed by atoms with Gasteiger partial charge in [0.15, 0.2) is 0 Å². The number of piperazine rings is 1. The normalized spacial score (nSPS) is 16.3. The summed E-state index contributed by atoms with van der Waals surface area (Å²) in [6.07, 6.45) is 3.57. The third-order valence-electron chi connectivity index (χ3n) is 3.84. The van der Waals surface area contributed by atoms with Crippen molar-refractivity contribution < 1.29 is 0 Å². The standard InChI is InChI=1S/C15H20ClN5/c16-13-2-1-3-15(10-13)20-7-4-19(5-8-20)6-9-21-12-14(17)11-18-21/h1-3,10-12H,4-9,17H2. The summed E-state index contributed by atoms with van der Waals surface area (Å²) < 4.78 is 1.90. The third kappa shape index (κ3) is 3.68. The number of rotatable bonds is 4. The SMILES string of the molecule is Nc1cnn(CCN2CCN(c3cccc(Cl)c3)CC2)c1. The Balaban J connectivity index is 1.49. The maximum atomic E-state index is 6.06. The van der Waals surface area contributed by atoms with Crippen LogP contribution in [0.15, 0.2) is 36.7 Å². The lowest BCUT2D eigenvalue weighted by Gasteiger charge is -2.36. The average molecular weight is 306 g/mol. The molecule has 5 nitrogen and oxygen atoms in total. The molecule has 0 radical (unpaired) electrons. The van der Waals surface area contributed by atoms with E-state index < -0.39 is 0 Å². The molecule has 1 saturated heterocycles. The van der Waals surface area contributed by atoms with Crippen LogP contribution in [0.25, 0.3) is 0 Å². The first-order chi connectivity index (χ1) is 10.2. The summed E-state index contributed by atoms with van der Waals surface area (Å²) in [6.45, 7) is 6.06. The van der Waals surface area contributed by atoms with E-state index in [4.69, 9.17) is 17.3 Å². The van der Waals surface area contributed by atoms with Crippen LogP contribution in [-0.4, -0.2) is 47.4 Å². The summed E-state index contributed by atoms with van der Waals surface area (Å²) in [7, 11) is 0. The predicted molar refractivity (Wildman–Crippen MR) is 86.7 cm³/mol. The smallest absolute Gasteiger partial charge is 0.0719 e.